The van der Waals surface area contributed by atoms with E-state index < -0.39 is 35.2 Å². The maximum Gasteiger partial charge on any atom is 0.420 e. The van der Waals surface area contributed by atoms with Crippen molar-refractivity contribution in [1.82, 2.24) is 10.2 Å². The van der Waals surface area contributed by atoms with Crippen LogP contribution in [0, 0.1) is 5.92 Å². The van der Waals surface area contributed by atoms with Crippen LogP contribution in [0.3, 0.4) is 0 Å². The molecule has 1 saturated heterocycles. The number of unbranched alkanes of at least 4 members (excludes halogenated alkanes) is 4. The Morgan fingerprint density at radius 3 is 2.20 bits per heavy atom. The maximum atomic E-state index is 14.6. The summed E-state index contributed by atoms with van der Waals surface area (Å²) in [5.41, 5.74) is -3.90. The van der Waals surface area contributed by atoms with Gasteiger partial charge in [0.25, 0.3) is 0 Å². The van der Waals surface area contributed by atoms with Gasteiger partial charge in [0, 0.05) is 19.1 Å². The van der Waals surface area contributed by atoms with E-state index in [1.807, 2.05) is 6.92 Å². The van der Waals surface area contributed by atoms with Crippen LogP contribution in [0.5, 0.6) is 0 Å². The molecule has 0 aromatic rings. The number of ether oxygens (including phenoxy) is 1. The molecule has 0 saturated carbocycles. The van der Waals surface area contributed by atoms with Crippen LogP contribution < -0.4 is 5.32 Å². The molecule has 0 spiro atoms. The lowest BCUT2D eigenvalue weighted by atomic mass is 9.73. The van der Waals surface area contributed by atoms with Gasteiger partial charge in [-0.2, -0.15) is 13.2 Å². The Hall–Kier alpha value is -1.31. The molecular weight excluding hydrogens is 397 g/mol. The van der Waals surface area contributed by atoms with Crippen molar-refractivity contribution in [3.8, 4) is 0 Å². The lowest BCUT2D eigenvalue weighted by molar-refractivity contribution is -0.240. The standard InChI is InChI=1S/C22H39F3N2O3/c1-7-9-10-11-12-13-17(8-2)18-21(16(3)28,22(23,24)25)27(15-14-26-18)19(29)30-20(4,5)6/h17-18,26H,7-15H2,1-6H3. The summed E-state index contributed by atoms with van der Waals surface area (Å²) in [4.78, 5) is 26.1. The van der Waals surface area contributed by atoms with E-state index in [-0.39, 0.29) is 19.0 Å². The highest BCUT2D eigenvalue weighted by molar-refractivity contribution is 5.92. The zero-order chi connectivity index (χ0) is 23.2. The van der Waals surface area contributed by atoms with Gasteiger partial charge in [-0.05, 0) is 40.0 Å². The van der Waals surface area contributed by atoms with Crippen LogP contribution in [0.1, 0.15) is 86.5 Å². The van der Waals surface area contributed by atoms with Crippen LogP contribution >= 0.6 is 0 Å². The molecule has 8 heteroatoms. The predicted molar refractivity (Wildman–Crippen MR) is 111 cm³/mol. The normalized spacial score (nSPS) is 23.9. The summed E-state index contributed by atoms with van der Waals surface area (Å²) in [6, 6.07) is -1.20. The first-order valence-electron chi connectivity index (χ1n) is 11.1. The third kappa shape index (κ3) is 6.11. The van der Waals surface area contributed by atoms with E-state index in [2.05, 4.69) is 12.2 Å². The van der Waals surface area contributed by atoms with Crippen LogP contribution in [0.2, 0.25) is 0 Å². The van der Waals surface area contributed by atoms with Crippen molar-refractivity contribution in [2.75, 3.05) is 13.1 Å². The molecule has 0 aromatic heterocycles. The van der Waals surface area contributed by atoms with Crippen molar-refractivity contribution in [2.45, 2.75) is 110 Å². The number of carbonyl (C=O) groups excluding carboxylic acids is 2. The number of nitrogens with one attached hydrogen (secondary N) is 1. The molecular formula is C22H39F3N2O3. The molecule has 1 amide bonds. The van der Waals surface area contributed by atoms with Gasteiger partial charge in [-0.3, -0.25) is 9.69 Å². The molecule has 3 atom stereocenters. The van der Waals surface area contributed by atoms with Crippen LogP contribution in [0.15, 0.2) is 0 Å². The monoisotopic (exact) mass is 436 g/mol. The van der Waals surface area contributed by atoms with Gasteiger partial charge < -0.3 is 10.1 Å². The van der Waals surface area contributed by atoms with E-state index in [4.69, 9.17) is 4.74 Å². The molecule has 1 aliphatic rings. The number of nitrogens with zero attached hydrogens (tertiary/aromatic N) is 1. The van der Waals surface area contributed by atoms with Crippen molar-refractivity contribution in [2.24, 2.45) is 5.92 Å². The number of hydrogen-bond donors (Lipinski definition) is 1. The summed E-state index contributed by atoms with van der Waals surface area (Å²) >= 11 is 0. The molecule has 1 fully saturated rings. The summed E-state index contributed by atoms with van der Waals surface area (Å²) in [5.74, 6) is -1.47. The largest absolute Gasteiger partial charge is 0.444 e. The Labute approximate surface area is 179 Å². The van der Waals surface area contributed by atoms with Crippen molar-refractivity contribution in [3.05, 3.63) is 0 Å². The Kier molecular flexibility index (Phi) is 9.64. The van der Waals surface area contributed by atoms with Crippen molar-refractivity contribution in [3.63, 3.8) is 0 Å². The van der Waals surface area contributed by atoms with E-state index >= 15 is 0 Å². The van der Waals surface area contributed by atoms with Crippen LogP contribution in [0.25, 0.3) is 0 Å². The number of piperazine rings is 1. The first kappa shape index (κ1) is 26.7. The molecule has 5 nitrogen and oxygen atoms in total. The van der Waals surface area contributed by atoms with E-state index in [0.717, 1.165) is 39.0 Å². The van der Waals surface area contributed by atoms with E-state index in [1.54, 1.807) is 20.8 Å². The van der Waals surface area contributed by atoms with E-state index in [1.165, 1.54) is 0 Å². The number of alkyl halides is 3. The Morgan fingerprint density at radius 2 is 1.73 bits per heavy atom. The van der Waals surface area contributed by atoms with Crippen LogP contribution in [0.4, 0.5) is 18.0 Å². The molecule has 1 aliphatic heterocycles. The van der Waals surface area contributed by atoms with Crippen LogP contribution in [-0.2, 0) is 9.53 Å². The molecule has 0 aromatic carbocycles. The molecule has 1 heterocycles. The average molecular weight is 437 g/mol. The second-order valence-electron chi connectivity index (χ2n) is 9.26. The minimum atomic E-state index is -4.93. The predicted octanol–water partition coefficient (Wildman–Crippen LogP) is 5.47. The fourth-order valence-corrected chi connectivity index (χ4v) is 4.44. The van der Waals surface area contributed by atoms with Gasteiger partial charge in [0.15, 0.2) is 5.78 Å². The van der Waals surface area contributed by atoms with E-state index in [9.17, 15) is 22.8 Å². The number of Topliss-reactive ketones (excluding diaryl/α,β-unsaturated/α-hetero) is 1. The number of carbonyl (C=O) groups is 2. The van der Waals surface area contributed by atoms with Crippen molar-refractivity contribution >= 4 is 11.9 Å². The zero-order valence-electron chi connectivity index (χ0n) is 19.3. The summed E-state index contributed by atoms with van der Waals surface area (Å²) in [5, 5.41) is 2.96. The molecule has 1 rings (SSSR count). The SMILES string of the molecule is CCCCCCCC(CC)C1NCCN(C(=O)OC(C)(C)C)C1(C(C)=O)C(F)(F)F. The van der Waals surface area contributed by atoms with Crippen molar-refractivity contribution < 1.29 is 27.5 Å². The van der Waals surface area contributed by atoms with Gasteiger partial charge >= 0.3 is 12.3 Å². The van der Waals surface area contributed by atoms with Gasteiger partial charge in [0.1, 0.15) is 5.60 Å². The second kappa shape index (κ2) is 10.8. The van der Waals surface area contributed by atoms with Gasteiger partial charge in [0.05, 0.1) is 0 Å². The average Bonchev–Trinajstić information content (AvgIpc) is 2.61. The molecule has 0 aliphatic carbocycles. The Morgan fingerprint density at radius 1 is 1.13 bits per heavy atom. The Bertz CT molecular complexity index is 575. The van der Waals surface area contributed by atoms with Gasteiger partial charge in [-0.15, -0.1) is 0 Å². The topological polar surface area (TPSA) is 58.6 Å². The van der Waals surface area contributed by atoms with Crippen LogP contribution in [-0.4, -0.2) is 53.2 Å². The summed E-state index contributed by atoms with van der Waals surface area (Å²) in [7, 11) is 0. The number of rotatable bonds is 9. The summed E-state index contributed by atoms with van der Waals surface area (Å²) in [6.45, 7) is 9.61. The molecule has 176 valence electrons. The summed E-state index contributed by atoms with van der Waals surface area (Å²) < 4.78 is 49.1. The highest BCUT2D eigenvalue weighted by atomic mass is 19.4. The molecule has 0 radical (unpaired) electrons. The van der Waals surface area contributed by atoms with Gasteiger partial charge in [-0.1, -0.05) is 52.4 Å². The number of hydrogen-bond acceptors (Lipinski definition) is 4. The van der Waals surface area contributed by atoms with Gasteiger partial charge in [-0.25, -0.2) is 4.79 Å². The lowest BCUT2D eigenvalue weighted by Gasteiger charge is -2.53. The molecule has 30 heavy (non-hydrogen) atoms. The first-order valence-corrected chi connectivity index (χ1v) is 11.1. The number of amides is 1. The Balaban J connectivity index is 3.30. The lowest BCUT2D eigenvalue weighted by Crippen LogP contribution is -2.79. The molecule has 1 N–H and O–H groups in total. The number of ketones is 1. The van der Waals surface area contributed by atoms with Gasteiger partial charge in [0.2, 0.25) is 5.54 Å². The first-order chi connectivity index (χ1) is 13.8. The second-order valence-corrected chi connectivity index (χ2v) is 9.26. The quantitative estimate of drug-likeness (QED) is 0.487. The smallest absolute Gasteiger partial charge is 0.420 e. The summed E-state index contributed by atoms with van der Waals surface area (Å²) in [6.07, 6.45) is 0.0261. The van der Waals surface area contributed by atoms with Crippen molar-refractivity contribution in [1.29, 1.82) is 0 Å². The fourth-order valence-electron chi connectivity index (χ4n) is 4.44. The third-order valence-electron chi connectivity index (χ3n) is 5.83. The molecule has 3 unspecified atom stereocenters. The fraction of sp³-hybridized carbons (Fsp3) is 0.909. The highest BCUT2D eigenvalue weighted by Crippen LogP contribution is 2.45. The van der Waals surface area contributed by atoms with E-state index in [0.29, 0.717) is 17.7 Å². The third-order valence-corrected chi connectivity index (χ3v) is 5.83. The highest BCUT2D eigenvalue weighted by Gasteiger charge is 2.70. The maximum absolute atomic E-state index is 14.6. The minimum Gasteiger partial charge on any atom is -0.444 e. The minimum absolute atomic E-state index is 0.182. The zero-order valence-corrected chi connectivity index (χ0v) is 19.3. The number of halogens is 3. The molecule has 0 bridgehead atoms.